The lowest BCUT2D eigenvalue weighted by atomic mass is 9.92. The van der Waals surface area contributed by atoms with Gasteiger partial charge in [-0.05, 0) is 19.1 Å². The van der Waals surface area contributed by atoms with Gasteiger partial charge >= 0.3 is 6.16 Å². The molecule has 2 aliphatic rings. The van der Waals surface area contributed by atoms with Crippen LogP contribution in [0.5, 0.6) is 0 Å². The summed E-state index contributed by atoms with van der Waals surface area (Å²) in [5.74, 6) is -0.0775. The molecule has 0 radical (unpaired) electrons. The van der Waals surface area contributed by atoms with Crippen LogP contribution in [0.3, 0.4) is 0 Å². The van der Waals surface area contributed by atoms with E-state index in [1.54, 1.807) is 4.90 Å². The second kappa shape index (κ2) is 7.03. The van der Waals surface area contributed by atoms with Gasteiger partial charge in [0, 0.05) is 32.1 Å². The number of carbonyl (C=O) groups excluding carboxylic acids is 2. The second-order valence-corrected chi connectivity index (χ2v) is 6.20. The molecule has 2 fully saturated rings. The molecule has 0 saturated carbocycles. The van der Waals surface area contributed by atoms with Gasteiger partial charge in [-0.15, -0.1) is 0 Å². The smallest absolute Gasteiger partial charge is 0.483 e. The molecule has 2 aliphatic heterocycles. The van der Waals surface area contributed by atoms with Crippen molar-refractivity contribution < 1.29 is 29.0 Å². The molecule has 1 spiro atoms. The number of cyclic esters (lactones) is 1. The fraction of sp³-hybridized carbons (Fsp3) is 0.412. The van der Waals surface area contributed by atoms with E-state index in [4.69, 9.17) is 19.4 Å². The predicted octanol–water partition coefficient (Wildman–Crippen LogP) is 1.49. The third-order valence-electron chi connectivity index (χ3n) is 4.69. The minimum absolute atomic E-state index is 0.0775. The third kappa shape index (κ3) is 3.19. The number of nitrogens with zero attached hydrogens (tertiary/aromatic N) is 3. The molecule has 0 atom stereocenters. The zero-order valence-corrected chi connectivity index (χ0v) is 14.3. The number of hydrogen-bond donors (Lipinski definition) is 1. The monoisotopic (exact) mass is 361 g/mol. The quantitative estimate of drug-likeness (QED) is 0.605. The lowest BCUT2D eigenvalue weighted by Crippen LogP contribution is -2.48. The van der Waals surface area contributed by atoms with Crippen molar-refractivity contribution in [2.75, 3.05) is 19.7 Å². The minimum Gasteiger partial charge on any atom is -0.483 e. The number of fused-ring (bicyclic) bond motifs is 1. The molecule has 9 nitrogen and oxygen atoms in total. The van der Waals surface area contributed by atoms with Crippen molar-refractivity contribution in [2.24, 2.45) is 0 Å². The first-order chi connectivity index (χ1) is 12.5. The van der Waals surface area contributed by atoms with Crippen molar-refractivity contribution in [2.45, 2.75) is 25.4 Å². The number of aryl methyl sites for hydroxylation is 1. The number of likely N-dealkylation sites (tertiary alicyclic amines) is 1. The molecule has 138 valence electrons. The molecular formula is C17H19N3O6. The highest BCUT2D eigenvalue weighted by molar-refractivity contribution is 5.94. The summed E-state index contributed by atoms with van der Waals surface area (Å²) >= 11 is 0. The molecule has 0 bridgehead atoms. The predicted molar refractivity (Wildman–Crippen MR) is 88.9 cm³/mol. The summed E-state index contributed by atoms with van der Waals surface area (Å²) in [7, 11) is 0. The van der Waals surface area contributed by atoms with Crippen LogP contribution in [0.15, 0.2) is 24.4 Å². The first kappa shape index (κ1) is 17.7. The number of imidazole rings is 1. The summed E-state index contributed by atoms with van der Waals surface area (Å²) in [4.78, 5) is 38.5. The molecule has 0 unspecified atom stereocenters. The Hall–Kier alpha value is -3.10. The van der Waals surface area contributed by atoms with Crippen molar-refractivity contribution >= 4 is 24.2 Å². The zero-order valence-electron chi connectivity index (χ0n) is 14.3. The van der Waals surface area contributed by atoms with Gasteiger partial charge in [-0.25, -0.2) is 9.78 Å². The normalized spacial score (nSPS) is 18.0. The number of ether oxygens (including phenoxy) is 2. The molecule has 2 saturated heterocycles. The van der Waals surface area contributed by atoms with Crippen LogP contribution >= 0.6 is 0 Å². The van der Waals surface area contributed by atoms with Gasteiger partial charge < -0.3 is 23.9 Å². The van der Waals surface area contributed by atoms with E-state index in [1.807, 2.05) is 35.7 Å². The van der Waals surface area contributed by atoms with E-state index in [9.17, 15) is 9.59 Å². The SMILES string of the molecule is Cc1c(C(=O)N2CCC3(CC2)COC(=O)O3)nc2ccccn12.O=CO. The fourth-order valence-corrected chi connectivity index (χ4v) is 3.26. The van der Waals surface area contributed by atoms with Gasteiger partial charge in [0.2, 0.25) is 0 Å². The summed E-state index contributed by atoms with van der Waals surface area (Å²) in [6.45, 7) is 2.98. The first-order valence-electron chi connectivity index (χ1n) is 8.16. The number of carbonyl (C=O) groups is 3. The van der Waals surface area contributed by atoms with Crippen LogP contribution in [0, 0.1) is 6.92 Å². The average Bonchev–Trinajstić information content (AvgIpc) is 3.17. The van der Waals surface area contributed by atoms with Crippen molar-refractivity contribution in [1.82, 2.24) is 14.3 Å². The maximum atomic E-state index is 12.8. The van der Waals surface area contributed by atoms with Crippen LogP contribution in [-0.4, -0.2) is 63.2 Å². The molecule has 0 aliphatic carbocycles. The Morgan fingerprint density at radius 2 is 2.04 bits per heavy atom. The van der Waals surface area contributed by atoms with Crippen LogP contribution in [-0.2, 0) is 14.3 Å². The number of pyridine rings is 1. The Bertz CT molecular complexity index is 838. The molecule has 1 amide bonds. The van der Waals surface area contributed by atoms with Crippen LogP contribution in [0.4, 0.5) is 4.79 Å². The standard InChI is InChI=1S/C16H17N3O4.CH2O2/c1-11-13(17-12-4-2-3-7-19(11)12)14(20)18-8-5-16(6-9-18)10-22-15(21)23-16;2-1-3/h2-4,7H,5-6,8-10H2,1H3;1H,(H,2,3). The zero-order chi connectivity index (χ0) is 18.7. The largest absolute Gasteiger partial charge is 0.509 e. The maximum Gasteiger partial charge on any atom is 0.509 e. The van der Waals surface area contributed by atoms with E-state index in [0.29, 0.717) is 31.6 Å². The Kier molecular flexibility index (Phi) is 4.79. The first-order valence-corrected chi connectivity index (χ1v) is 8.16. The highest BCUT2D eigenvalue weighted by Gasteiger charge is 2.45. The average molecular weight is 361 g/mol. The number of hydrogen-bond acceptors (Lipinski definition) is 6. The van der Waals surface area contributed by atoms with E-state index < -0.39 is 11.8 Å². The number of amides is 1. The van der Waals surface area contributed by atoms with E-state index in [-0.39, 0.29) is 19.0 Å². The summed E-state index contributed by atoms with van der Waals surface area (Å²) in [5.41, 5.74) is 1.52. The van der Waals surface area contributed by atoms with Crippen LogP contribution in [0.1, 0.15) is 29.0 Å². The van der Waals surface area contributed by atoms with Gasteiger partial charge in [0.1, 0.15) is 17.9 Å². The fourth-order valence-electron chi connectivity index (χ4n) is 3.26. The van der Waals surface area contributed by atoms with E-state index in [0.717, 1.165) is 11.3 Å². The minimum atomic E-state index is -0.610. The summed E-state index contributed by atoms with van der Waals surface area (Å²) in [5, 5.41) is 6.89. The molecule has 4 heterocycles. The highest BCUT2D eigenvalue weighted by atomic mass is 16.8. The molecule has 2 aromatic rings. The molecule has 0 aromatic carbocycles. The van der Waals surface area contributed by atoms with E-state index >= 15 is 0 Å². The number of rotatable bonds is 1. The summed E-state index contributed by atoms with van der Waals surface area (Å²) < 4.78 is 12.1. The summed E-state index contributed by atoms with van der Waals surface area (Å²) in [6, 6.07) is 5.69. The highest BCUT2D eigenvalue weighted by Crippen LogP contribution is 2.32. The van der Waals surface area contributed by atoms with Gasteiger partial charge in [0.05, 0.1) is 5.69 Å². The Labute approximate surface area is 149 Å². The van der Waals surface area contributed by atoms with Crippen molar-refractivity contribution in [3.63, 3.8) is 0 Å². The topological polar surface area (TPSA) is 110 Å². The molecule has 26 heavy (non-hydrogen) atoms. The molecule has 2 aromatic heterocycles. The second-order valence-electron chi connectivity index (χ2n) is 6.20. The van der Waals surface area contributed by atoms with E-state index in [1.165, 1.54) is 0 Å². The summed E-state index contributed by atoms with van der Waals surface area (Å²) in [6.07, 6.45) is 2.48. The number of piperidine rings is 1. The Morgan fingerprint density at radius 3 is 2.62 bits per heavy atom. The van der Waals surface area contributed by atoms with Gasteiger partial charge in [-0.3, -0.25) is 9.59 Å². The van der Waals surface area contributed by atoms with Gasteiger partial charge in [-0.1, -0.05) is 6.07 Å². The lowest BCUT2D eigenvalue weighted by Gasteiger charge is -2.36. The van der Waals surface area contributed by atoms with Crippen molar-refractivity contribution in [1.29, 1.82) is 0 Å². The molecule has 4 rings (SSSR count). The van der Waals surface area contributed by atoms with Gasteiger partial charge in [0.25, 0.3) is 12.4 Å². The maximum absolute atomic E-state index is 12.8. The Balaban J connectivity index is 0.000000613. The molecule has 1 N–H and O–H groups in total. The van der Waals surface area contributed by atoms with Crippen LogP contribution < -0.4 is 0 Å². The van der Waals surface area contributed by atoms with Crippen LogP contribution in [0.2, 0.25) is 0 Å². The lowest BCUT2D eigenvalue weighted by molar-refractivity contribution is -0.122. The third-order valence-corrected chi connectivity index (χ3v) is 4.69. The van der Waals surface area contributed by atoms with Gasteiger partial charge in [-0.2, -0.15) is 0 Å². The van der Waals surface area contributed by atoms with E-state index in [2.05, 4.69) is 4.98 Å². The number of aromatic nitrogens is 2. The molecule has 9 heteroatoms. The van der Waals surface area contributed by atoms with Gasteiger partial charge in [0.15, 0.2) is 5.60 Å². The van der Waals surface area contributed by atoms with Crippen molar-refractivity contribution in [3.8, 4) is 0 Å². The van der Waals surface area contributed by atoms with Crippen LogP contribution in [0.25, 0.3) is 5.65 Å². The van der Waals surface area contributed by atoms with Crippen molar-refractivity contribution in [3.05, 3.63) is 35.8 Å². The molecular weight excluding hydrogens is 342 g/mol. The number of carboxylic acid groups (broad SMARTS) is 1. The Morgan fingerprint density at radius 1 is 1.35 bits per heavy atom.